The molecule has 0 amide bonds. The first-order valence-electron chi connectivity index (χ1n) is 8.42. The van der Waals surface area contributed by atoms with E-state index in [1.54, 1.807) is 0 Å². The van der Waals surface area contributed by atoms with Crippen LogP contribution in [-0.4, -0.2) is 12.1 Å². The first kappa shape index (κ1) is 18.2. The Labute approximate surface area is 131 Å². The van der Waals surface area contributed by atoms with Crippen LogP contribution in [0.25, 0.3) is 0 Å². The predicted molar refractivity (Wildman–Crippen MR) is 91.4 cm³/mol. The van der Waals surface area contributed by atoms with E-state index in [-0.39, 0.29) is 5.54 Å². The van der Waals surface area contributed by atoms with Crippen LogP contribution in [0.2, 0.25) is 0 Å². The van der Waals surface area contributed by atoms with Crippen molar-refractivity contribution >= 4 is 0 Å². The van der Waals surface area contributed by atoms with Gasteiger partial charge >= 0.3 is 0 Å². The number of hydrogen-bond donors (Lipinski definition) is 1. The number of hydrogen-bond acceptors (Lipinski definition) is 2. The summed E-state index contributed by atoms with van der Waals surface area (Å²) in [5.74, 6) is 0. The van der Waals surface area contributed by atoms with Gasteiger partial charge in [-0.05, 0) is 38.3 Å². The van der Waals surface area contributed by atoms with Crippen molar-refractivity contribution in [2.75, 3.05) is 6.61 Å². The topological polar surface area (TPSA) is 21.3 Å². The number of ether oxygens (including phenoxy) is 1. The van der Waals surface area contributed by atoms with Gasteiger partial charge in [-0.3, -0.25) is 0 Å². The SMILES string of the molecule is CCCCCCCOCc1cccc(CNC(C)(C)C)c1. The molecule has 120 valence electrons. The number of rotatable bonds is 10. The zero-order chi connectivity index (χ0) is 15.6. The zero-order valence-corrected chi connectivity index (χ0v) is 14.4. The molecule has 0 bridgehead atoms. The highest BCUT2D eigenvalue weighted by molar-refractivity contribution is 5.23. The molecule has 0 aliphatic rings. The molecule has 2 heteroatoms. The van der Waals surface area contributed by atoms with E-state index in [2.05, 4.69) is 57.3 Å². The average Bonchev–Trinajstić information content (AvgIpc) is 2.44. The van der Waals surface area contributed by atoms with Gasteiger partial charge in [0.1, 0.15) is 0 Å². The Hall–Kier alpha value is -0.860. The third-order valence-corrected chi connectivity index (χ3v) is 3.48. The summed E-state index contributed by atoms with van der Waals surface area (Å²) in [7, 11) is 0. The van der Waals surface area contributed by atoms with Crippen LogP contribution in [0.5, 0.6) is 0 Å². The Bertz CT molecular complexity index is 381. The van der Waals surface area contributed by atoms with Crippen LogP contribution in [0.1, 0.15) is 70.9 Å². The highest BCUT2D eigenvalue weighted by atomic mass is 16.5. The molecule has 1 rings (SSSR count). The zero-order valence-electron chi connectivity index (χ0n) is 14.4. The molecule has 1 N–H and O–H groups in total. The van der Waals surface area contributed by atoms with Gasteiger partial charge in [-0.1, -0.05) is 56.9 Å². The lowest BCUT2D eigenvalue weighted by atomic mass is 10.1. The molecule has 1 aromatic carbocycles. The van der Waals surface area contributed by atoms with Crippen molar-refractivity contribution in [2.45, 2.75) is 78.5 Å². The van der Waals surface area contributed by atoms with Gasteiger partial charge in [0.05, 0.1) is 6.61 Å². The summed E-state index contributed by atoms with van der Waals surface area (Å²) in [6.07, 6.45) is 6.47. The minimum Gasteiger partial charge on any atom is -0.377 e. The summed E-state index contributed by atoms with van der Waals surface area (Å²) in [6.45, 7) is 11.4. The van der Waals surface area contributed by atoms with Gasteiger partial charge in [-0.2, -0.15) is 0 Å². The second kappa shape index (κ2) is 9.97. The molecule has 0 aliphatic heterocycles. The van der Waals surface area contributed by atoms with Crippen LogP contribution in [0.4, 0.5) is 0 Å². The van der Waals surface area contributed by atoms with E-state index in [0.29, 0.717) is 0 Å². The third kappa shape index (κ3) is 9.65. The van der Waals surface area contributed by atoms with Crippen LogP contribution < -0.4 is 5.32 Å². The second-order valence-corrected chi connectivity index (χ2v) is 6.89. The number of unbranched alkanes of at least 4 members (excludes halogenated alkanes) is 4. The minimum atomic E-state index is 0.158. The predicted octanol–water partition coefficient (Wildman–Crippen LogP) is 5.06. The summed E-state index contributed by atoms with van der Waals surface area (Å²) in [4.78, 5) is 0. The lowest BCUT2D eigenvalue weighted by Crippen LogP contribution is -2.35. The normalized spacial score (nSPS) is 11.8. The first-order valence-corrected chi connectivity index (χ1v) is 8.42. The highest BCUT2D eigenvalue weighted by Gasteiger charge is 2.08. The maximum absolute atomic E-state index is 5.78. The Morgan fingerprint density at radius 1 is 1.00 bits per heavy atom. The fraction of sp³-hybridized carbons (Fsp3) is 0.684. The van der Waals surface area contributed by atoms with E-state index >= 15 is 0 Å². The van der Waals surface area contributed by atoms with Crippen LogP contribution >= 0.6 is 0 Å². The third-order valence-electron chi connectivity index (χ3n) is 3.48. The molecular formula is C19H33NO. The van der Waals surface area contributed by atoms with Crippen molar-refractivity contribution in [3.05, 3.63) is 35.4 Å². The Morgan fingerprint density at radius 3 is 2.43 bits per heavy atom. The summed E-state index contributed by atoms with van der Waals surface area (Å²) in [5, 5.41) is 3.52. The van der Waals surface area contributed by atoms with E-state index in [1.807, 2.05) is 0 Å². The van der Waals surface area contributed by atoms with E-state index in [1.165, 1.54) is 43.2 Å². The molecule has 0 aromatic heterocycles. The van der Waals surface area contributed by atoms with Crippen molar-refractivity contribution in [3.63, 3.8) is 0 Å². The summed E-state index contributed by atoms with van der Waals surface area (Å²) >= 11 is 0. The summed E-state index contributed by atoms with van der Waals surface area (Å²) in [6, 6.07) is 8.69. The molecule has 0 unspecified atom stereocenters. The first-order chi connectivity index (χ1) is 10.0. The quantitative estimate of drug-likeness (QED) is 0.608. The van der Waals surface area contributed by atoms with E-state index in [4.69, 9.17) is 4.74 Å². The van der Waals surface area contributed by atoms with Crippen LogP contribution in [0.3, 0.4) is 0 Å². The molecule has 0 fully saturated rings. The van der Waals surface area contributed by atoms with Crippen molar-refractivity contribution in [3.8, 4) is 0 Å². The van der Waals surface area contributed by atoms with Gasteiger partial charge < -0.3 is 10.1 Å². The molecule has 2 nitrogen and oxygen atoms in total. The van der Waals surface area contributed by atoms with E-state index in [0.717, 1.165) is 19.8 Å². The lowest BCUT2D eigenvalue weighted by Gasteiger charge is -2.20. The molecule has 21 heavy (non-hydrogen) atoms. The Balaban J connectivity index is 2.23. The van der Waals surface area contributed by atoms with E-state index in [9.17, 15) is 0 Å². The molecule has 0 spiro atoms. The largest absolute Gasteiger partial charge is 0.377 e. The fourth-order valence-corrected chi connectivity index (χ4v) is 2.19. The van der Waals surface area contributed by atoms with Gasteiger partial charge in [0.15, 0.2) is 0 Å². The summed E-state index contributed by atoms with van der Waals surface area (Å²) in [5.41, 5.74) is 2.76. The van der Waals surface area contributed by atoms with Gasteiger partial charge in [-0.25, -0.2) is 0 Å². The standard InChI is InChI=1S/C19H33NO/c1-5-6-7-8-9-13-21-16-18-12-10-11-17(14-18)15-20-19(2,3)4/h10-12,14,20H,5-9,13,15-16H2,1-4H3. The fourth-order valence-electron chi connectivity index (χ4n) is 2.19. The summed E-state index contributed by atoms with van der Waals surface area (Å²) < 4.78 is 5.78. The van der Waals surface area contributed by atoms with Crippen molar-refractivity contribution in [1.29, 1.82) is 0 Å². The van der Waals surface area contributed by atoms with Gasteiger partial charge in [-0.15, -0.1) is 0 Å². The maximum atomic E-state index is 5.78. The van der Waals surface area contributed by atoms with Crippen LogP contribution in [0, 0.1) is 0 Å². The molecule has 0 atom stereocenters. The Morgan fingerprint density at radius 2 is 1.71 bits per heavy atom. The van der Waals surface area contributed by atoms with Crippen molar-refractivity contribution in [1.82, 2.24) is 5.32 Å². The second-order valence-electron chi connectivity index (χ2n) is 6.89. The van der Waals surface area contributed by atoms with Gasteiger partial charge in [0.2, 0.25) is 0 Å². The Kier molecular flexibility index (Phi) is 8.63. The van der Waals surface area contributed by atoms with Crippen molar-refractivity contribution < 1.29 is 4.74 Å². The van der Waals surface area contributed by atoms with Gasteiger partial charge in [0.25, 0.3) is 0 Å². The van der Waals surface area contributed by atoms with Crippen LogP contribution in [0.15, 0.2) is 24.3 Å². The number of nitrogens with one attached hydrogen (secondary N) is 1. The molecule has 1 aromatic rings. The minimum absolute atomic E-state index is 0.158. The molecule has 0 aliphatic carbocycles. The highest BCUT2D eigenvalue weighted by Crippen LogP contribution is 2.09. The molecule has 0 heterocycles. The number of benzene rings is 1. The monoisotopic (exact) mass is 291 g/mol. The smallest absolute Gasteiger partial charge is 0.0716 e. The lowest BCUT2D eigenvalue weighted by molar-refractivity contribution is 0.116. The van der Waals surface area contributed by atoms with Crippen LogP contribution in [-0.2, 0) is 17.9 Å². The molecule has 0 radical (unpaired) electrons. The van der Waals surface area contributed by atoms with Gasteiger partial charge in [0, 0.05) is 18.7 Å². The molecular weight excluding hydrogens is 258 g/mol. The van der Waals surface area contributed by atoms with E-state index < -0.39 is 0 Å². The average molecular weight is 291 g/mol. The molecule has 0 saturated heterocycles. The maximum Gasteiger partial charge on any atom is 0.0716 e. The van der Waals surface area contributed by atoms with Crippen molar-refractivity contribution in [2.24, 2.45) is 0 Å². The molecule has 0 saturated carbocycles.